The number of benzene rings is 1. The Hall–Kier alpha value is -1.84. The molecule has 0 aliphatic heterocycles. The quantitative estimate of drug-likeness (QED) is 0.421. The molecule has 0 aromatic heterocycles. The predicted octanol–water partition coefficient (Wildman–Crippen LogP) is 4.13. The standard InChI is InChI=1S/C26H32ClF3N2O4/c27-16-3-4-17(28)21(22(16)29)23(25-5-7-26(30,13-25)8-6-25)32-24(35)15-9-18(19(33)10-15)31-20(34)12-36-11-14-1-2-14/h3-4,14-15,18-19,23,33H,1-2,5-13H2,(H,31,34)(H,32,35)/t15-,18-,19+,23+,25?,26?/m0/s1. The second kappa shape index (κ2) is 9.80. The van der Waals surface area contributed by atoms with Crippen molar-refractivity contribution >= 4 is 23.4 Å². The zero-order chi connectivity index (χ0) is 25.7. The molecule has 0 radical (unpaired) electrons. The lowest BCUT2D eigenvalue weighted by Gasteiger charge is -2.37. The summed E-state index contributed by atoms with van der Waals surface area (Å²) in [5.41, 5.74) is -2.56. The van der Waals surface area contributed by atoms with Crippen molar-refractivity contribution in [1.29, 1.82) is 0 Å². The van der Waals surface area contributed by atoms with Crippen molar-refractivity contribution in [3.63, 3.8) is 0 Å². The van der Waals surface area contributed by atoms with E-state index in [-0.39, 0.29) is 55.2 Å². The maximum Gasteiger partial charge on any atom is 0.246 e. The summed E-state index contributed by atoms with van der Waals surface area (Å²) >= 11 is 5.96. The van der Waals surface area contributed by atoms with Crippen molar-refractivity contribution in [2.75, 3.05) is 13.2 Å². The van der Waals surface area contributed by atoms with Crippen molar-refractivity contribution in [1.82, 2.24) is 10.6 Å². The first-order chi connectivity index (χ1) is 17.1. The van der Waals surface area contributed by atoms with E-state index < -0.39 is 52.7 Å². The van der Waals surface area contributed by atoms with E-state index in [4.69, 9.17) is 16.3 Å². The fourth-order valence-corrected chi connectivity index (χ4v) is 6.57. The van der Waals surface area contributed by atoms with Crippen LogP contribution in [0.2, 0.25) is 5.02 Å². The number of fused-ring (bicyclic) bond motifs is 2. The molecule has 0 heterocycles. The average molecular weight is 529 g/mol. The van der Waals surface area contributed by atoms with E-state index in [0.717, 1.165) is 25.0 Å². The van der Waals surface area contributed by atoms with Crippen molar-refractivity contribution in [2.45, 2.75) is 81.6 Å². The highest BCUT2D eigenvalue weighted by atomic mass is 35.5. The molecule has 6 nitrogen and oxygen atoms in total. The lowest BCUT2D eigenvalue weighted by atomic mass is 9.74. The Labute approximate surface area is 213 Å². The Morgan fingerprint density at radius 2 is 1.89 bits per heavy atom. The van der Waals surface area contributed by atoms with Gasteiger partial charge in [-0.25, -0.2) is 13.2 Å². The Morgan fingerprint density at radius 1 is 1.17 bits per heavy atom. The number of carbonyl (C=O) groups is 2. The molecule has 1 aromatic carbocycles. The van der Waals surface area contributed by atoms with E-state index in [9.17, 15) is 19.1 Å². The van der Waals surface area contributed by atoms with Gasteiger partial charge < -0.3 is 20.5 Å². The summed E-state index contributed by atoms with van der Waals surface area (Å²) in [6.07, 6.45) is 3.00. The number of alkyl halides is 1. The molecule has 10 heteroatoms. The van der Waals surface area contributed by atoms with E-state index in [0.29, 0.717) is 25.4 Å². The van der Waals surface area contributed by atoms with Gasteiger partial charge >= 0.3 is 0 Å². The van der Waals surface area contributed by atoms with Crippen LogP contribution < -0.4 is 10.6 Å². The van der Waals surface area contributed by atoms with Crippen LogP contribution >= 0.6 is 11.6 Å². The third-order valence-electron chi connectivity index (χ3n) is 8.61. The van der Waals surface area contributed by atoms with E-state index in [1.165, 1.54) is 0 Å². The van der Waals surface area contributed by atoms with Crippen LogP contribution in [-0.4, -0.2) is 47.9 Å². The Balaban J connectivity index is 1.29. The van der Waals surface area contributed by atoms with Crippen LogP contribution in [-0.2, 0) is 14.3 Å². The minimum atomic E-state index is -1.39. The topological polar surface area (TPSA) is 87.7 Å². The van der Waals surface area contributed by atoms with Gasteiger partial charge in [0.15, 0.2) is 0 Å². The Morgan fingerprint density at radius 3 is 2.53 bits per heavy atom. The summed E-state index contributed by atoms with van der Waals surface area (Å²) in [5, 5.41) is 15.8. The molecule has 3 N–H and O–H groups in total. The van der Waals surface area contributed by atoms with Crippen LogP contribution in [0.1, 0.15) is 69.4 Å². The molecule has 4 aliphatic carbocycles. The fourth-order valence-electron chi connectivity index (χ4n) is 6.41. The van der Waals surface area contributed by atoms with Gasteiger partial charge in [-0.15, -0.1) is 0 Å². The SMILES string of the molecule is O=C(COCC1CC1)N[C@H]1C[C@H](C(=O)N[C@H](c2c(F)ccc(Cl)c2F)C23CCC(F)(CC2)C3)C[C@H]1O. The van der Waals surface area contributed by atoms with Crippen LogP contribution in [0.15, 0.2) is 12.1 Å². The number of aliphatic hydroxyl groups excluding tert-OH is 1. The third-order valence-corrected chi connectivity index (χ3v) is 8.90. The minimum absolute atomic E-state index is 0.0903. The first-order valence-corrected chi connectivity index (χ1v) is 13.1. The summed E-state index contributed by atoms with van der Waals surface area (Å²) in [6, 6.07) is 0.444. The molecule has 4 fully saturated rings. The normalized spacial score (nSPS) is 34.1. The highest BCUT2D eigenvalue weighted by Gasteiger charge is 2.59. The van der Waals surface area contributed by atoms with Gasteiger partial charge in [0.2, 0.25) is 11.8 Å². The van der Waals surface area contributed by atoms with Crippen LogP contribution in [0.25, 0.3) is 0 Å². The number of rotatable bonds is 9. The predicted molar refractivity (Wildman–Crippen MR) is 126 cm³/mol. The molecule has 0 unspecified atom stereocenters. The van der Waals surface area contributed by atoms with Crippen LogP contribution in [0, 0.1) is 28.9 Å². The number of nitrogens with one attached hydrogen (secondary N) is 2. The lowest BCUT2D eigenvalue weighted by molar-refractivity contribution is -0.128. The maximum absolute atomic E-state index is 15.1. The number of hydrogen-bond donors (Lipinski definition) is 3. The van der Waals surface area contributed by atoms with Crippen LogP contribution in [0.4, 0.5) is 13.2 Å². The van der Waals surface area contributed by atoms with Gasteiger partial charge in [0, 0.05) is 11.5 Å². The molecule has 2 amide bonds. The van der Waals surface area contributed by atoms with E-state index in [1.54, 1.807) is 0 Å². The van der Waals surface area contributed by atoms with E-state index >= 15 is 8.78 Å². The molecule has 5 rings (SSSR count). The van der Waals surface area contributed by atoms with Gasteiger partial charge in [-0.3, -0.25) is 9.59 Å². The summed E-state index contributed by atoms with van der Waals surface area (Å²) in [5.74, 6) is -2.81. The molecule has 4 saturated carbocycles. The van der Waals surface area contributed by atoms with Gasteiger partial charge in [-0.05, 0) is 81.3 Å². The van der Waals surface area contributed by atoms with Gasteiger partial charge in [-0.1, -0.05) is 11.6 Å². The highest BCUT2D eigenvalue weighted by Crippen LogP contribution is 2.63. The van der Waals surface area contributed by atoms with Crippen LogP contribution in [0.3, 0.4) is 0 Å². The molecule has 4 atom stereocenters. The maximum atomic E-state index is 15.1. The second-order valence-corrected chi connectivity index (χ2v) is 11.7. The lowest BCUT2D eigenvalue weighted by Crippen LogP contribution is -2.43. The van der Waals surface area contributed by atoms with Crippen molar-refractivity contribution in [2.24, 2.45) is 17.3 Å². The van der Waals surface area contributed by atoms with Gasteiger partial charge in [-0.2, -0.15) is 0 Å². The first-order valence-electron chi connectivity index (χ1n) is 12.8. The summed E-state index contributed by atoms with van der Waals surface area (Å²) in [7, 11) is 0. The summed E-state index contributed by atoms with van der Waals surface area (Å²) < 4.78 is 50.5. The van der Waals surface area contributed by atoms with Crippen molar-refractivity contribution in [3.8, 4) is 0 Å². The summed E-state index contributed by atoms with van der Waals surface area (Å²) in [6.45, 7) is 0.422. The van der Waals surface area contributed by atoms with Gasteiger partial charge in [0.1, 0.15) is 23.9 Å². The molecule has 1 aromatic rings. The first kappa shape index (κ1) is 25.8. The molecule has 198 valence electrons. The molecule has 4 aliphatic rings. The largest absolute Gasteiger partial charge is 0.391 e. The molecule has 2 bridgehead atoms. The molecule has 0 spiro atoms. The number of halogens is 4. The molecule has 0 saturated heterocycles. The van der Waals surface area contributed by atoms with Crippen molar-refractivity contribution in [3.05, 3.63) is 34.4 Å². The number of ether oxygens (including phenoxy) is 1. The molecular formula is C26H32ClF3N2O4. The third kappa shape index (κ3) is 5.11. The van der Waals surface area contributed by atoms with Crippen LogP contribution in [0.5, 0.6) is 0 Å². The highest BCUT2D eigenvalue weighted by molar-refractivity contribution is 6.30. The van der Waals surface area contributed by atoms with Gasteiger partial charge in [0.05, 0.1) is 29.8 Å². The van der Waals surface area contributed by atoms with E-state index in [2.05, 4.69) is 10.6 Å². The smallest absolute Gasteiger partial charge is 0.246 e. The number of amides is 2. The molecule has 36 heavy (non-hydrogen) atoms. The summed E-state index contributed by atoms with van der Waals surface area (Å²) in [4.78, 5) is 25.5. The molecular weight excluding hydrogens is 497 g/mol. The Kier molecular flexibility index (Phi) is 7.02. The number of carbonyl (C=O) groups excluding carboxylic acids is 2. The zero-order valence-corrected chi connectivity index (χ0v) is 20.8. The average Bonchev–Trinajstić information content (AvgIpc) is 3.36. The Bertz CT molecular complexity index is 1030. The number of hydrogen-bond acceptors (Lipinski definition) is 4. The number of aliphatic hydroxyl groups is 1. The second-order valence-electron chi connectivity index (χ2n) is 11.3. The fraction of sp³-hybridized carbons (Fsp3) is 0.692. The van der Waals surface area contributed by atoms with Gasteiger partial charge in [0.25, 0.3) is 0 Å². The monoisotopic (exact) mass is 528 g/mol. The minimum Gasteiger partial charge on any atom is -0.391 e. The van der Waals surface area contributed by atoms with E-state index in [1.807, 2.05) is 0 Å². The van der Waals surface area contributed by atoms with Crippen molar-refractivity contribution < 1.29 is 32.6 Å². The zero-order valence-electron chi connectivity index (χ0n) is 20.0.